The summed E-state index contributed by atoms with van der Waals surface area (Å²) in [7, 11) is -2.92. The van der Waals surface area contributed by atoms with Crippen molar-refractivity contribution in [2.24, 2.45) is 0 Å². The molecule has 0 aliphatic heterocycles. The van der Waals surface area contributed by atoms with Gasteiger partial charge in [0.1, 0.15) is 22.8 Å². The second-order valence-electron chi connectivity index (χ2n) is 7.87. The van der Waals surface area contributed by atoms with E-state index in [-0.39, 0.29) is 28.1 Å². The van der Waals surface area contributed by atoms with Crippen LogP contribution >= 0.6 is 0 Å². The number of hydrogen-bond acceptors (Lipinski definition) is 6. The highest BCUT2D eigenvalue weighted by Gasteiger charge is 2.42. The van der Waals surface area contributed by atoms with E-state index in [0.29, 0.717) is 0 Å². The van der Waals surface area contributed by atoms with E-state index in [4.69, 9.17) is 18.6 Å². The van der Waals surface area contributed by atoms with Gasteiger partial charge in [0.15, 0.2) is 0 Å². The van der Waals surface area contributed by atoms with E-state index in [1.165, 1.54) is 0 Å². The minimum absolute atomic E-state index is 0.0780. The lowest BCUT2D eigenvalue weighted by Crippen LogP contribution is -2.68. The maximum Gasteiger partial charge on any atom is 0.277 e. The van der Waals surface area contributed by atoms with Crippen molar-refractivity contribution >= 4 is 27.8 Å². The van der Waals surface area contributed by atoms with Gasteiger partial charge in [-0.25, -0.2) is 27.6 Å². The van der Waals surface area contributed by atoms with Crippen LogP contribution in [0.25, 0.3) is 0 Å². The molecule has 2 rings (SSSR count). The number of halogens is 1. The first-order valence-corrected chi connectivity index (χ1v) is 14.8. The summed E-state index contributed by atoms with van der Waals surface area (Å²) in [6, 6.07) is 17.3. The number of hydrogen-bond donors (Lipinski definition) is 1. The van der Waals surface area contributed by atoms with Crippen LogP contribution in [0.4, 0.5) is 0 Å². The van der Waals surface area contributed by atoms with Crippen LogP contribution in [-0.2, 0) is 26.7 Å². The summed E-state index contributed by atoms with van der Waals surface area (Å²) >= 11 is 0. The number of aryl methyl sites for hydroxylation is 1. The molecule has 0 bridgehead atoms. The smallest absolute Gasteiger partial charge is 0.277 e. The quantitative estimate of drug-likeness (QED) is 0.393. The summed E-state index contributed by atoms with van der Waals surface area (Å²) in [5, 5.41) is -0.270. The van der Waals surface area contributed by atoms with Gasteiger partial charge in [-0.2, -0.15) is 0 Å². The standard InChI is InChI=1S/C23H33N2O2S2.ClHO4/c1-6-7-17-28(5)22(23(26)25(3)4)21(19-11-9-8-10-12-19)24-29(27)20-15-13-18(2)14-16-20;2-1(3,4)5/h8-16,21-22,24H,6-7,17H2,1-5H3;(H,2,3,4,5)/q+1;/p-1/t21-,22-,28?,29?;/m1./s1. The average molecular weight is 533 g/mol. The fourth-order valence-electron chi connectivity index (χ4n) is 3.11. The number of nitrogens with one attached hydrogen (secondary N) is 1. The van der Waals surface area contributed by atoms with Crippen LogP contribution in [0.5, 0.6) is 0 Å². The molecule has 0 aliphatic rings. The Hall–Kier alpha value is -1.50. The van der Waals surface area contributed by atoms with Crippen LogP contribution < -0.4 is 23.4 Å². The molecule has 0 heterocycles. The lowest BCUT2D eigenvalue weighted by Gasteiger charge is -2.28. The number of benzene rings is 2. The molecule has 0 aromatic heterocycles. The van der Waals surface area contributed by atoms with Crippen molar-refractivity contribution in [3.8, 4) is 0 Å². The number of nitrogens with zero attached hydrogens (tertiary/aromatic N) is 1. The summed E-state index contributed by atoms with van der Waals surface area (Å²) in [6.07, 6.45) is 4.34. The first-order valence-electron chi connectivity index (χ1n) is 10.6. The van der Waals surface area contributed by atoms with Gasteiger partial charge >= 0.3 is 0 Å². The molecule has 2 aromatic carbocycles. The van der Waals surface area contributed by atoms with E-state index >= 15 is 0 Å². The summed E-state index contributed by atoms with van der Waals surface area (Å²) in [4.78, 5) is 15.6. The molecule has 0 saturated heterocycles. The Balaban J connectivity index is 0.00000104. The SMILES string of the molecule is CCCC[S+](C)[C@@H](C(=O)N(C)C)[C@H](NS(=O)c1ccc(C)cc1)c1ccccc1.[O-][Cl+3]([O-])([O-])[O-]. The van der Waals surface area contributed by atoms with Crippen molar-refractivity contribution in [2.75, 3.05) is 26.1 Å². The molecule has 11 heteroatoms. The number of carbonyl (C=O) groups excluding carboxylic acids is 1. The maximum atomic E-state index is 13.2. The van der Waals surface area contributed by atoms with Gasteiger partial charge in [0.05, 0.1) is 11.2 Å². The van der Waals surface area contributed by atoms with Crippen molar-refractivity contribution < 1.29 is 37.9 Å². The third kappa shape index (κ3) is 11.3. The molecule has 0 spiro atoms. The van der Waals surface area contributed by atoms with Crippen LogP contribution in [0.1, 0.15) is 36.9 Å². The summed E-state index contributed by atoms with van der Waals surface area (Å²) < 4.78 is 50.4. The van der Waals surface area contributed by atoms with Crippen LogP contribution in [0.15, 0.2) is 59.5 Å². The molecule has 4 atom stereocenters. The molecule has 1 amide bonds. The third-order valence-electron chi connectivity index (χ3n) is 4.87. The van der Waals surface area contributed by atoms with Gasteiger partial charge in [0.2, 0.25) is 5.25 Å². The number of amides is 1. The predicted molar refractivity (Wildman–Crippen MR) is 125 cm³/mol. The molecule has 0 radical (unpaired) electrons. The minimum atomic E-state index is -4.94. The van der Waals surface area contributed by atoms with Crippen LogP contribution in [0.2, 0.25) is 0 Å². The highest BCUT2D eigenvalue weighted by atomic mass is 35.7. The summed E-state index contributed by atoms with van der Waals surface area (Å²) in [6.45, 7) is 4.18. The zero-order valence-electron chi connectivity index (χ0n) is 20.1. The largest absolute Gasteiger partial charge is 0.344 e. The Bertz CT molecular complexity index is 889. The molecule has 2 aromatic rings. The lowest BCUT2D eigenvalue weighted by atomic mass is 10.0. The molecule has 2 unspecified atom stereocenters. The normalized spacial score (nSPS) is 14.9. The number of carbonyl (C=O) groups is 1. The fourth-order valence-corrected chi connectivity index (χ4v) is 6.46. The second kappa shape index (κ2) is 14.8. The first kappa shape index (κ1) is 30.5. The van der Waals surface area contributed by atoms with E-state index in [9.17, 15) is 9.00 Å². The monoisotopic (exact) mass is 532 g/mol. The van der Waals surface area contributed by atoms with Crippen molar-refractivity contribution in [2.45, 2.75) is 42.9 Å². The molecule has 8 nitrogen and oxygen atoms in total. The highest BCUT2D eigenvalue weighted by Crippen LogP contribution is 2.27. The van der Waals surface area contributed by atoms with Crippen molar-refractivity contribution in [3.63, 3.8) is 0 Å². The Morgan fingerprint density at radius 1 is 1.06 bits per heavy atom. The third-order valence-corrected chi connectivity index (χ3v) is 8.31. The van der Waals surface area contributed by atoms with Gasteiger partial charge in [0.25, 0.3) is 5.91 Å². The van der Waals surface area contributed by atoms with E-state index in [1.54, 1.807) is 19.0 Å². The Kier molecular flexibility index (Phi) is 13.3. The van der Waals surface area contributed by atoms with Crippen molar-refractivity contribution in [1.82, 2.24) is 9.62 Å². The van der Waals surface area contributed by atoms with Crippen LogP contribution in [-0.4, -0.2) is 46.4 Å². The fraction of sp³-hybridized carbons (Fsp3) is 0.435. The number of unbranched alkanes of at least 4 members (excludes halogenated alkanes) is 1. The van der Waals surface area contributed by atoms with Gasteiger partial charge in [-0.3, -0.25) is 4.79 Å². The molecule has 1 N–H and O–H groups in total. The van der Waals surface area contributed by atoms with Crippen molar-refractivity contribution in [1.29, 1.82) is 0 Å². The van der Waals surface area contributed by atoms with E-state index in [1.807, 2.05) is 61.5 Å². The topological polar surface area (TPSA) is 142 Å². The first-order chi connectivity index (χ1) is 15.8. The van der Waals surface area contributed by atoms with Gasteiger partial charge in [-0.15, -0.1) is 10.2 Å². The molecule has 190 valence electrons. The van der Waals surface area contributed by atoms with Crippen molar-refractivity contribution in [3.05, 3.63) is 65.7 Å². The summed E-state index contributed by atoms with van der Waals surface area (Å²) in [5.74, 6) is 1.07. The maximum absolute atomic E-state index is 13.2. The summed E-state index contributed by atoms with van der Waals surface area (Å²) in [5.41, 5.74) is 2.12. The van der Waals surface area contributed by atoms with E-state index in [0.717, 1.165) is 34.6 Å². The van der Waals surface area contributed by atoms with Gasteiger partial charge in [-0.05, 0) is 41.9 Å². The minimum Gasteiger partial charge on any atom is -0.344 e. The molecular formula is C23H33ClN2O6S2. The highest BCUT2D eigenvalue weighted by molar-refractivity contribution is 7.97. The van der Waals surface area contributed by atoms with Crippen LogP contribution in [0.3, 0.4) is 0 Å². The Morgan fingerprint density at radius 2 is 1.59 bits per heavy atom. The zero-order valence-corrected chi connectivity index (χ0v) is 22.5. The molecule has 0 fully saturated rings. The molecule has 34 heavy (non-hydrogen) atoms. The van der Waals surface area contributed by atoms with Gasteiger partial charge < -0.3 is 4.90 Å². The molecule has 0 aliphatic carbocycles. The van der Waals surface area contributed by atoms with E-state index < -0.39 is 21.2 Å². The Morgan fingerprint density at radius 3 is 2.06 bits per heavy atom. The van der Waals surface area contributed by atoms with Crippen LogP contribution in [0, 0.1) is 17.2 Å². The second-order valence-corrected chi connectivity index (χ2v) is 12.2. The zero-order chi connectivity index (χ0) is 25.9. The molecular weight excluding hydrogens is 500 g/mol. The molecule has 0 saturated carbocycles. The average Bonchev–Trinajstić information content (AvgIpc) is 2.76. The Labute approximate surface area is 209 Å². The van der Waals surface area contributed by atoms with E-state index in [2.05, 4.69) is 17.9 Å². The lowest BCUT2D eigenvalue weighted by molar-refractivity contribution is -2.00. The van der Waals surface area contributed by atoms with Gasteiger partial charge in [-0.1, -0.05) is 61.4 Å². The van der Waals surface area contributed by atoms with Gasteiger partial charge in [0, 0.05) is 14.1 Å². The predicted octanol–water partition coefficient (Wildman–Crippen LogP) is -0.902. The number of rotatable bonds is 10.